The van der Waals surface area contributed by atoms with Crippen molar-refractivity contribution in [2.45, 2.75) is 84.0 Å². The number of ether oxygens (including phenoxy) is 1. The van der Waals surface area contributed by atoms with E-state index in [2.05, 4.69) is 94.0 Å². The molecule has 1 saturated heterocycles. The molecule has 1 fully saturated rings. The van der Waals surface area contributed by atoms with Crippen molar-refractivity contribution in [3.05, 3.63) is 71.8 Å². The van der Waals surface area contributed by atoms with Gasteiger partial charge in [-0.25, -0.2) is 4.79 Å². The second-order valence-corrected chi connectivity index (χ2v) is 9.76. The number of carbonyl (C=O) groups is 1. The third-order valence-corrected chi connectivity index (χ3v) is 7.77. The minimum Gasteiger partial charge on any atom is -0.465 e. The van der Waals surface area contributed by atoms with E-state index in [0.29, 0.717) is 17.5 Å². The highest BCUT2D eigenvalue weighted by molar-refractivity contribution is 5.89. The number of hydroxylamine groups is 2. The van der Waals surface area contributed by atoms with E-state index in [4.69, 9.17) is 4.84 Å². The number of hydrogen-bond acceptors (Lipinski definition) is 5. The Bertz CT molecular complexity index is 875. The maximum Gasteiger partial charge on any atom is 0.337 e. The third-order valence-electron chi connectivity index (χ3n) is 7.77. The van der Waals surface area contributed by atoms with Crippen molar-refractivity contribution in [1.29, 1.82) is 0 Å². The van der Waals surface area contributed by atoms with E-state index in [-0.39, 0.29) is 23.2 Å². The number of piperidine rings is 1. The van der Waals surface area contributed by atoms with Gasteiger partial charge in [-0.05, 0) is 70.7 Å². The van der Waals surface area contributed by atoms with Crippen LogP contribution in [-0.2, 0) is 9.57 Å². The Morgan fingerprint density at radius 1 is 1.06 bits per heavy atom. The van der Waals surface area contributed by atoms with E-state index < -0.39 is 0 Å². The SMILES string of the molecule is CCC1(C)CC(NC)C(C)C(C)(CC)N1OC(C)c1ccccc1.COC(=O)c1ccccc1. The highest BCUT2D eigenvalue weighted by Gasteiger charge is 2.53. The molecule has 1 aliphatic heterocycles. The predicted molar refractivity (Wildman–Crippen MR) is 140 cm³/mol. The number of nitrogens with zero attached hydrogens (tertiary/aromatic N) is 1. The minimum absolute atomic E-state index is 0.0136. The fraction of sp³-hybridized carbons (Fsp3) is 0.552. The smallest absolute Gasteiger partial charge is 0.337 e. The van der Waals surface area contributed by atoms with Crippen LogP contribution in [0.5, 0.6) is 0 Å². The van der Waals surface area contributed by atoms with Crippen LogP contribution in [0.15, 0.2) is 60.7 Å². The van der Waals surface area contributed by atoms with Crippen molar-refractivity contribution in [3.8, 4) is 0 Å². The van der Waals surface area contributed by atoms with Crippen molar-refractivity contribution >= 4 is 5.97 Å². The molecule has 0 bridgehead atoms. The molecule has 1 heterocycles. The summed E-state index contributed by atoms with van der Waals surface area (Å²) in [5.74, 6) is 0.232. The first-order chi connectivity index (χ1) is 16.2. The first-order valence-electron chi connectivity index (χ1n) is 12.5. The minimum atomic E-state index is -0.291. The molecule has 2 aromatic carbocycles. The monoisotopic (exact) mass is 468 g/mol. The predicted octanol–water partition coefficient (Wildman–Crippen LogP) is 6.42. The Kier molecular flexibility index (Phi) is 10.3. The number of methoxy groups -OCH3 is 1. The molecule has 0 saturated carbocycles. The summed E-state index contributed by atoms with van der Waals surface area (Å²) in [6.07, 6.45) is 3.32. The van der Waals surface area contributed by atoms with Crippen LogP contribution in [0.1, 0.15) is 82.8 Å². The van der Waals surface area contributed by atoms with Gasteiger partial charge in [0.15, 0.2) is 0 Å². The molecule has 188 valence electrons. The Labute approximate surface area is 206 Å². The van der Waals surface area contributed by atoms with E-state index in [9.17, 15) is 4.79 Å². The number of hydrogen-bond donors (Lipinski definition) is 1. The van der Waals surface area contributed by atoms with Gasteiger partial charge in [-0.3, -0.25) is 4.84 Å². The van der Waals surface area contributed by atoms with Crippen LogP contribution < -0.4 is 5.32 Å². The Morgan fingerprint density at radius 2 is 1.62 bits per heavy atom. The molecule has 1 N–H and O–H groups in total. The summed E-state index contributed by atoms with van der Waals surface area (Å²) in [7, 11) is 3.46. The summed E-state index contributed by atoms with van der Waals surface area (Å²) in [4.78, 5) is 17.5. The lowest BCUT2D eigenvalue weighted by Gasteiger charge is -2.60. The van der Waals surface area contributed by atoms with Gasteiger partial charge in [-0.2, -0.15) is 5.06 Å². The average Bonchev–Trinajstić information content (AvgIpc) is 2.89. The van der Waals surface area contributed by atoms with Gasteiger partial charge in [0.1, 0.15) is 6.10 Å². The second kappa shape index (κ2) is 12.5. The molecular formula is C29H44N2O3. The maximum atomic E-state index is 10.8. The summed E-state index contributed by atoms with van der Waals surface area (Å²) in [6, 6.07) is 19.9. The van der Waals surface area contributed by atoms with Crippen LogP contribution in [0, 0.1) is 5.92 Å². The zero-order valence-electron chi connectivity index (χ0n) is 22.3. The number of esters is 1. The van der Waals surface area contributed by atoms with Gasteiger partial charge in [0.25, 0.3) is 0 Å². The van der Waals surface area contributed by atoms with Crippen molar-refractivity contribution in [2.75, 3.05) is 14.2 Å². The molecular weight excluding hydrogens is 424 g/mol. The molecule has 0 spiro atoms. The summed E-state index contributed by atoms with van der Waals surface area (Å²) >= 11 is 0. The van der Waals surface area contributed by atoms with Gasteiger partial charge in [0.05, 0.1) is 12.7 Å². The van der Waals surface area contributed by atoms with Crippen LogP contribution in [0.4, 0.5) is 0 Å². The molecule has 0 amide bonds. The summed E-state index contributed by atoms with van der Waals surface area (Å²) in [6.45, 7) is 13.8. The largest absolute Gasteiger partial charge is 0.465 e. The lowest BCUT2D eigenvalue weighted by molar-refractivity contribution is -0.327. The van der Waals surface area contributed by atoms with Crippen molar-refractivity contribution in [2.24, 2.45) is 5.92 Å². The van der Waals surface area contributed by atoms with Crippen LogP contribution in [0.3, 0.4) is 0 Å². The van der Waals surface area contributed by atoms with Gasteiger partial charge in [0, 0.05) is 17.1 Å². The standard InChI is InChI=1S/C21H36N2O.C8H8O2/c1-8-20(5)15-19(22-7)16(3)21(6,9-2)23(20)24-17(4)18-13-11-10-12-14-18;1-10-8(9)7-5-3-2-4-6-7/h10-14,16-17,19,22H,8-9,15H2,1-7H3;2-6H,1H3. The average molecular weight is 469 g/mol. The second-order valence-electron chi connectivity index (χ2n) is 9.76. The highest BCUT2D eigenvalue weighted by Crippen LogP contribution is 2.47. The van der Waals surface area contributed by atoms with Gasteiger partial charge in [-0.1, -0.05) is 69.3 Å². The van der Waals surface area contributed by atoms with Crippen molar-refractivity contribution < 1.29 is 14.4 Å². The topological polar surface area (TPSA) is 50.8 Å². The molecule has 5 unspecified atom stereocenters. The summed E-state index contributed by atoms with van der Waals surface area (Å²) < 4.78 is 4.50. The normalized spacial score (nSPS) is 27.9. The lowest BCUT2D eigenvalue weighted by atomic mass is 9.68. The summed E-state index contributed by atoms with van der Waals surface area (Å²) in [5, 5.41) is 5.91. The molecule has 0 aliphatic carbocycles. The molecule has 3 rings (SSSR count). The van der Waals surface area contributed by atoms with Gasteiger partial charge >= 0.3 is 5.97 Å². The van der Waals surface area contributed by atoms with E-state index in [1.54, 1.807) is 24.3 Å². The Balaban J connectivity index is 0.000000340. The lowest BCUT2D eigenvalue weighted by Crippen LogP contribution is -2.69. The molecule has 0 radical (unpaired) electrons. The third kappa shape index (κ3) is 6.26. The fourth-order valence-electron chi connectivity index (χ4n) is 4.96. The van der Waals surface area contributed by atoms with E-state index in [0.717, 1.165) is 19.3 Å². The first-order valence-corrected chi connectivity index (χ1v) is 12.5. The van der Waals surface area contributed by atoms with Gasteiger partial charge in [0.2, 0.25) is 0 Å². The molecule has 5 heteroatoms. The molecule has 34 heavy (non-hydrogen) atoms. The molecule has 5 nitrogen and oxygen atoms in total. The fourth-order valence-corrected chi connectivity index (χ4v) is 4.96. The van der Waals surface area contributed by atoms with Crippen LogP contribution in [-0.4, -0.2) is 42.3 Å². The zero-order chi connectivity index (χ0) is 25.4. The van der Waals surface area contributed by atoms with E-state index >= 15 is 0 Å². The first kappa shape index (κ1) is 28.0. The van der Waals surface area contributed by atoms with E-state index in [1.807, 2.05) is 6.07 Å². The molecule has 1 aliphatic rings. The number of nitrogens with one attached hydrogen (secondary N) is 1. The van der Waals surface area contributed by atoms with Crippen molar-refractivity contribution in [3.63, 3.8) is 0 Å². The summed E-state index contributed by atoms with van der Waals surface area (Å²) in [5.41, 5.74) is 1.87. The Morgan fingerprint density at radius 3 is 2.09 bits per heavy atom. The molecule has 5 atom stereocenters. The number of carbonyl (C=O) groups excluding carboxylic acids is 1. The Hall–Kier alpha value is -2.21. The van der Waals surface area contributed by atoms with Crippen molar-refractivity contribution in [1.82, 2.24) is 10.4 Å². The van der Waals surface area contributed by atoms with Crippen LogP contribution in [0.25, 0.3) is 0 Å². The zero-order valence-corrected chi connectivity index (χ0v) is 22.3. The van der Waals surface area contributed by atoms with Crippen LogP contribution in [0.2, 0.25) is 0 Å². The number of benzene rings is 2. The van der Waals surface area contributed by atoms with Crippen LogP contribution >= 0.6 is 0 Å². The molecule has 0 aromatic heterocycles. The highest BCUT2D eigenvalue weighted by atomic mass is 16.7. The quantitative estimate of drug-likeness (QED) is 0.475. The molecule has 2 aromatic rings. The maximum absolute atomic E-state index is 10.8. The number of rotatable bonds is 7. The van der Waals surface area contributed by atoms with Gasteiger partial charge in [-0.15, -0.1) is 0 Å². The van der Waals surface area contributed by atoms with E-state index in [1.165, 1.54) is 12.7 Å². The van der Waals surface area contributed by atoms with Gasteiger partial charge < -0.3 is 10.1 Å².